The van der Waals surface area contributed by atoms with Crippen molar-refractivity contribution in [2.24, 2.45) is 11.8 Å². The van der Waals surface area contributed by atoms with Crippen LogP contribution in [0.4, 0.5) is 0 Å². The van der Waals surface area contributed by atoms with Crippen LogP contribution >= 0.6 is 0 Å². The zero-order valence-corrected chi connectivity index (χ0v) is 16.8. The Morgan fingerprint density at radius 1 is 1.21 bits per heavy atom. The highest BCUT2D eigenvalue weighted by Crippen LogP contribution is 2.41. The number of fused-ring (bicyclic) bond motifs is 1. The molecular formula is C20H26N6O3. The van der Waals surface area contributed by atoms with Crippen molar-refractivity contribution in [3.63, 3.8) is 0 Å². The molecule has 0 radical (unpaired) electrons. The van der Waals surface area contributed by atoms with Crippen molar-refractivity contribution in [2.75, 3.05) is 26.7 Å². The second kappa shape index (κ2) is 8.26. The van der Waals surface area contributed by atoms with E-state index in [1.54, 1.807) is 24.2 Å². The van der Waals surface area contributed by atoms with Gasteiger partial charge in [-0.15, -0.1) is 0 Å². The van der Waals surface area contributed by atoms with E-state index in [1.807, 2.05) is 11.9 Å². The van der Waals surface area contributed by atoms with Gasteiger partial charge in [-0.2, -0.15) is 4.98 Å². The molecule has 0 spiro atoms. The summed E-state index contributed by atoms with van der Waals surface area (Å²) < 4.78 is 5.45. The van der Waals surface area contributed by atoms with Crippen LogP contribution in [0.3, 0.4) is 0 Å². The first-order chi connectivity index (χ1) is 14.0. The van der Waals surface area contributed by atoms with Gasteiger partial charge in [0.2, 0.25) is 17.7 Å². The van der Waals surface area contributed by atoms with E-state index in [0.717, 1.165) is 12.0 Å². The summed E-state index contributed by atoms with van der Waals surface area (Å²) in [4.78, 5) is 41.7. The predicted octanol–water partition coefficient (Wildman–Crippen LogP) is 1.21. The van der Waals surface area contributed by atoms with Crippen LogP contribution in [0.5, 0.6) is 0 Å². The average Bonchev–Trinajstić information content (AvgIpc) is 3.03. The Labute approximate surface area is 169 Å². The molecule has 0 aliphatic carbocycles. The molecular weight excluding hydrogens is 372 g/mol. The van der Waals surface area contributed by atoms with Crippen molar-refractivity contribution >= 4 is 11.8 Å². The summed E-state index contributed by atoms with van der Waals surface area (Å²) in [6.45, 7) is 3.61. The van der Waals surface area contributed by atoms with Crippen LogP contribution < -0.4 is 0 Å². The third kappa shape index (κ3) is 4.13. The van der Waals surface area contributed by atoms with Gasteiger partial charge in [0, 0.05) is 51.4 Å². The van der Waals surface area contributed by atoms with Crippen LogP contribution in [-0.2, 0) is 16.0 Å². The first kappa shape index (κ1) is 19.5. The van der Waals surface area contributed by atoms with E-state index in [1.165, 1.54) is 6.33 Å². The number of carbonyl (C=O) groups is 2. The van der Waals surface area contributed by atoms with Crippen molar-refractivity contribution in [1.82, 2.24) is 29.9 Å². The molecule has 2 saturated heterocycles. The van der Waals surface area contributed by atoms with Gasteiger partial charge in [-0.3, -0.25) is 9.59 Å². The lowest BCUT2D eigenvalue weighted by Crippen LogP contribution is -2.47. The molecule has 0 aromatic carbocycles. The number of hydrogen-bond acceptors (Lipinski definition) is 7. The molecule has 0 N–H and O–H groups in total. The van der Waals surface area contributed by atoms with E-state index < -0.39 is 0 Å². The molecule has 9 heteroatoms. The van der Waals surface area contributed by atoms with Gasteiger partial charge in [-0.05, 0) is 37.7 Å². The van der Waals surface area contributed by atoms with Gasteiger partial charge in [0.25, 0.3) is 0 Å². The quantitative estimate of drug-likeness (QED) is 0.762. The van der Waals surface area contributed by atoms with Crippen LogP contribution in [0.25, 0.3) is 0 Å². The Bertz CT molecular complexity index is 870. The molecule has 0 unspecified atom stereocenters. The van der Waals surface area contributed by atoms with Crippen LogP contribution in [-0.4, -0.2) is 68.4 Å². The highest BCUT2D eigenvalue weighted by molar-refractivity contribution is 5.81. The second-order valence-corrected chi connectivity index (χ2v) is 7.98. The van der Waals surface area contributed by atoms with Crippen LogP contribution in [0, 0.1) is 18.8 Å². The molecule has 4 rings (SSSR count). The Hall–Kier alpha value is -2.84. The lowest BCUT2D eigenvalue weighted by atomic mass is 9.74. The van der Waals surface area contributed by atoms with Crippen molar-refractivity contribution in [3.8, 4) is 0 Å². The SMILES string of the molecule is Cc1noc([C@H]2CN(C)C(=O)[C@H]3CCN(C(=O)CCc4cncnc4)CC[C@H]32)n1. The summed E-state index contributed by atoms with van der Waals surface area (Å²) in [5.74, 6) is 1.47. The minimum atomic E-state index is -0.119. The lowest BCUT2D eigenvalue weighted by molar-refractivity contribution is -0.141. The molecule has 0 saturated carbocycles. The number of carbonyl (C=O) groups excluding carboxylic acids is 2. The molecule has 2 aliphatic heterocycles. The normalized spacial score (nSPS) is 24.9. The number of rotatable bonds is 4. The van der Waals surface area contributed by atoms with Gasteiger partial charge in [0.05, 0.1) is 5.92 Å². The largest absolute Gasteiger partial charge is 0.345 e. The van der Waals surface area contributed by atoms with Gasteiger partial charge >= 0.3 is 0 Å². The molecule has 0 bridgehead atoms. The van der Waals surface area contributed by atoms with Gasteiger partial charge < -0.3 is 14.3 Å². The maximum absolute atomic E-state index is 12.8. The molecule has 9 nitrogen and oxygen atoms in total. The Morgan fingerprint density at radius 2 is 1.97 bits per heavy atom. The van der Waals surface area contributed by atoms with E-state index >= 15 is 0 Å². The van der Waals surface area contributed by atoms with E-state index in [-0.39, 0.29) is 29.6 Å². The van der Waals surface area contributed by atoms with Crippen molar-refractivity contribution in [2.45, 2.75) is 38.5 Å². The Kier molecular flexibility index (Phi) is 5.55. The number of amides is 2. The third-order valence-corrected chi connectivity index (χ3v) is 6.09. The summed E-state index contributed by atoms with van der Waals surface area (Å²) in [5, 5.41) is 3.93. The smallest absolute Gasteiger partial charge is 0.231 e. The van der Waals surface area contributed by atoms with Crippen molar-refractivity contribution in [1.29, 1.82) is 0 Å². The molecule has 4 heterocycles. The summed E-state index contributed by atoms with van der Waals surface area (Å²) in [6.07, 6.45) is 7.42. The van der Waals surface area contributed by atoms with E-state index in [4.69, 9.17) is 4.52 Å². The fourth-order valence-corrected chi connectivity index (χ4v) is 4.56. The summed E-state index contributed by atoms with van der Waals surface area (Å²) in [6, 6.07) is 0. The zero-order valence-electron chi connectivity index (χ0n) is 16.8. The first-order valence-corrected chi connectivity index (χ1v) is 10.1. The maximum atomic E-state index is 12.8. The maximum Gasteiger partial charge on any atom is 0.231 e. The highest BCUT2D eigenvalue weighted by atomic mass is 16.5. The Balaban J connectivity index is 1.45. The number of likely N-dealkylation sites (N-methyl/N-ethyl adjacent to an activating group) is 1. The van der Waals surface area contributed by atoms with E-state index in [0.29, 0.717) is 50.6 Å². The number of aromatic nitrogens is 4. The molecule has 3 atom stereocenters. The topological polar surface area (TPSA) is 105 Å². The van der Waals surface area contributed by atoms with E-state index in [9.17, 15) is 9.59 Å². The van der Waals surface area contributed by atoms with Gasteiger partial charge in [-0.25, -0.2) is 9.97 Å². The molecule has 2 aromatic rings. The lowest BCUT2D eigenvalue weighted by Gasteiger charge is -2.39. The fourth-order valence-electron chi connectivity index (χ4n) is 4.56. The van der Waals surface area contributed by atoms with Crippen molar-refractivity contribution < 1.29 is 14.1 Å². The number of likely N-dealkylation sites (tertiary alicyclic amines) is 2. The monoisotopic (exact) mass is 398 g/mol. The van der Waals surface area contributed by atoms with E-state index in [2.05, 4.69) is 20.1 Å². The van der Waals surface area contributed by atoms with Gasteiger partial charge in [0.1, 0.15) is 6.33 Å². The highest BCUT2D eigenvalue weighted by Gasteiger charge is 2.45. The van der Waals surface area contributed by atoms with Crippen LogP contribution in [0.15, 0.2) is 23.2 Å². The third-order valence-electron chi connectivity index (χ3n) is 6.09. The van der Waals surface area contributed by atoms with Crippen LogP contribution in [0.1, 0.15) is 42.5 Å². The minimum Gasteiger partial charge on any atom is -0.345 e. The number of nitrogens with zero attached hydrogens (tertiary/aromatic N) is 6. The Morgan fingerprint density at radius 3 is 2.69 bits per heavy atom. The molecule has 2 aromatic heterocycles. The molecule has 154 valence electrons. The van der Waals surface area contributed by atoms with Crippen LogP contribution in [0.2, 0.25) is 0 Å². The first-order valence-electron chi connectivity index (χ1n) is 10.1. The predicted molar refractivity (Wildman–Crippen MR) is 103 cm³/mol. The summed E-state index contributed by atoms with van der Waals surface area (Å²) in [7, 11) is 1.82. The zero-order chi connectivity index (χ0) is 20.4. The molecule has 2 fully saturated rings. The van der Waals surface area contributed by atoms with Crippen molar-refractivity contribution in [3.05, 3.63) is 36.0 Å². The number of hydrogen-bond donors (Lipinski definition) is 0. The standard InChI is InChI=1S/C20H26N6O3/c1-13-23-19(29-24-13)17-11-25(2)20(28)16-6-8-26(7-5-15(16)17)18(27)4-3-14-9-21-12-22-10-14/h9-10,12,15-17H,3-8,11H2,1-2H3/t15-,16+,17+/m1/s1. The fraction of sp³-hybridized carbons (Fsp3) is 0.600. The minimum absolute atomic E-state index is 0.0143. The molecule has 2 amide bonds. The summed E-state index contributed by atoms with van der Waals surface area (Å²) in [5.41, 5.74) is 0.952. The van der Waals surface area contributed by atoms with Gasteiger partial charge in [-0.1, -0.05) is 5.16 Å². The second-order valence-electron chi connectivity index (χ2n) is 7.98. The molecule has 29 heavy (non-hydrogen) atoms. The van der Waals surface area contributed by atoms with Gasteiger partial charge in [0.15, 0.2) is 5.82 Å². The number of aryl methyl sites for hydroxylation is 2. The molecule has 2 aliphatic rings. The number of piperidine rings is 1. The summed E-state index contributed by atoms with van der Waals surface area (Å²) >= 11 is 0. The average molecular weight is 398 g/mol.